The van der Waals surface area contributed by atoms with E-state index in [0.29, 0.717) is 35.2 Å². The summed E-state index contributed by atoms with van der Waals surface area (Å²) in [5.41, 5.74) is 0.660. The maximum absolute atomic E-state index is 12.1. The Labute approximate surface area is 134 Å². The Morgan fingerprint density at radius 3 is 2.38 bits per heavy atom. The first-order valence-electron chi connectivity index (χ1n) is 6.86. The van der Waals surface area contributed by atoms with Gasteiger partial charge < -0.3 is 10.0 Å². The molecule has 0 spiro atoms. The van der Waals surface area contributed by atoms with Crippen LogP contribution in [0.4, 0.5) is 0 Å². The minimum Gasteiger partial charge on any atom is -0.395 e. The third-order valence-corrected chi connectivity index (χ3v) is 4.15. The van der Waals surface area contributed by atoms with Gasteiger partial charge in [-0.25, -0.2) is 0 Å². The molecule has 1 aromatic carbocycles. The van der Waals surface area contributed by atoms with Crippen molar-refractivity contribution >= 4 is 35.2 Å². The zero-order valence-electron chi connectivity index (χ0n) is 11.6. The SMILES string of the molecule is O=C(C=Cc1c(Cl)cccc1Cl)N1CCN(CCO)CC1. The second-order valence-electron chi connectivity index (χ2n) is 4.86. The largest absolute Gasteiger partial charge is 0.395 e. The molecule has 0 aromatic heterocycles. The standard InChI is InChI=1S/C15H18Cl2N2O2/c16-13-2-1-3-14(17)12(13)4-5-15(21)19-8-6-18(7-9-19)10-11-20/h1-5,20H,6-11H2. The van der Waals surface area contributed by atoms with Crippen LogP contribution in [0.5, 0.6) is 0 Å². The van der Waals surface area contributed by atoms with Crippen molar-refractivity contribution in [1.29, 1.82) is 0 Å². The Hall–Kier alpha value is -1.07. The maximum Gasteiger partial charge on any atom is 0.246 e. The second-order valence-corrected chi connectivity index (χ2v) is 5.67. The van der Waals surface area contributed by atoms with Crippen LogP contribution in [-0.2, 0) is 4.79 Å². The van der Waals surface area contributed by atoms with Crippen LogP contribution in [0.15, 0.2) is 24.3 Å². The highest BCUT2D eigenvalue weighted by Gasteiger charge is 2.19. The van der Waals surface area contributed by atoms with E-state index < -0.39 is 0 Å². The molecule has 1 aliphatic rings. The molecule has 114 valence electrons. The average Bonchev–Trinajstić information content (AvgIpc) is 2.47. The van der Waals surface area contributed by atoms with Crippen LogP contribution < -0.4 is 0 Å². The molecule has 0 radical (unpaired) electrons. The number of aliphatic hydroxyl groups is 1. The van der Waals surface area contributed by atoms with Crippen LogP contribution in [0.3, 0.4) is 0 Å². The lowest BCUT2D eigenvalue weighted by Gasteiger charge is -2.33. The molecule has 1 fully saturated rings. The molecule has 6 heteroatoms. The number of aliphatic hydroxyl groups excluding tert-OH is 1. The summed E-state index contributed by atoms with van der Waals surface area (Å²) in [5.74, 6) is -0.0466. The third kappa shape index (κ3) is 4.45. The van der Waals surface area contributed by atoms with Gasteiger partial charge >= 0.3 is 0 Å². The van der Waals surface area contributed by atoms with Crippen LogP contribution in [0.1, 0.15) is 5.56 Å². The van der Waals surface area contributed by atoms with Gasteiger partial charge in [0, 0.05) is 54.4 Å². The number of hydrogen-bond donors (Lipinski definition) is 1. The molecule has 1 aliphatic heterocycles. The topological polar surface area (TPSA) is 43.8 Å². The van der Waals surface area contributed by atoms with Crippen molar-refractivity contribution in [3.05, 3.63) is 39.9 Å². The summed E-state index contributed by atoms with van der Waals surface area (Å²) < 4.78 is 0. The normalized spacial score (nSPS) is 16.6. The first kappa shape index (κ1) is 16.3. The van der Waals surface area contributed by atoms with E-state index in [2.05, 4.69) is 4.90 Å². The first-order valence-corrected chi connectivity index (χ1v) is 7.61. The zero-order chi connectivity index (χ0) is 15.2. The second kappa shape index (κ2) is 7.80. The van der Waals surface area contributed by atoms with Crippen molar-refractivity contribution in [2.75, 3.05) is 39.3 Å². The predicted octanol–water partition coefficient (Wildman–Crippen LogP) is 2.14. The summed E-state index contributed by atoms with van der Waals surface area (Å²) in [6.07, 6.45) is 3.17. The van der Waals surface area contributed by atoms with E-state index in [1.165, 1.54) is 6.08 Å². The van der Waals surface area contributed by atoms with Crippen molar-refractivity contribution in [1.82, 2.24) is 9.80 Å². The number of nitrogens with zero attached hydrogens (tertiary/aromatic N) is 2. The Balaban J connectivity index is 1.95. The van der Waals surface area contributed by atoms with Gasteiger partial charge in [-0.3, -0.25) is 9.69 Å². The van der Waals surface area contributed by atoms with Crippen LogP contribution in [0, 0.1) is 0 Å². The third-order valence-electron chi connectivity index (χ3n) is 3.49. The van der Waals surface area contributed by atoms with Crippen LogP contribution >= 0.6 is 23.2 Å². The van der Waals surface area contributed by atoms with E-state index in [9.17, 15) is 4.79 Å². The first-order chi connectivity index (χ1) is 10.1. The van der Waals surface area contributed by atoms with Gasteiger partial charge in [0.25, 0.3) is 0 Å². The molecule has 0 aliphatic carbocycles. The van der Waals surface area contributed by atoms with E-state index in [1.807, 2.05) is 0 Å². The minimum absolute atomic E-state index is 0.0466. The maximum atomic E-state index is 12.1. The van der Waals surface area contributed by atoms with Gasteiger partial charge in [-0.15, -0.1) is 0 Å². The van der Waals surface area contributed by atoms with E-state index in [4.69, 9.17) is 28.3 Å². The molecule has 0 atom stereocenters. The molecule has 1 heterocycles. The van der Waals surface area contributed by atoms with Crippen molar-refractivity contribution in [2.45, 2.75) is 0 Å². The van der Waals surface area contributed by atoms with E-state index in [1.54, 1.807) is 29.2 Å². The summed E-state index contributed by atoms with van der Waals surface area (Å²) in [6, 6.07) is 5.25. The van der Waals surface area contributed by atoms with Gasteiger partial charge in [-0.2, -0.15) is 0 Å². The molecule has 1 aromatic rings. The van der Waals surface area contributed by atoms with Crippen molar-refractivity contribution in [2.24, 2.45) is 0 Å². The van der Waals surface area contributed by atoms with Gasteiger partial charge in [0.2, 0.25) is 5.91 Å². The molecule has 0 bridgehead atoms. The predicted molar refractivity (Wildman–Crippen MR) is 85.6 cm³/mol. The fourth-order valence-electron chi connectivity index (χ4n) is 2.26. The highest BCUT2D eigenvalue weighted by Crippen LogP contribution is 2.25. The lowest BCUT2D eigenvalue weighted by Crippen LogP contribution is -2.48. The Bertz CT molecular complexity index is 506. The number of amides is 1. The molecule has 0 saturated carbocycles. The highest BCUT2D eigenvalue weighted by atomic mass is 35.5. The number of carbonyl (C=O) groups is 1. The van der Waals surface area contributed by atoms with Crippen molar-refractivity contribution < 1.29 is 9.90 Å². The molecule has 4 nitrogen and oxygen atoms in total. The van der Waals surface area contributed by atoms with Crippen LogP contribution in [0.2, 0.25) is 10.0 Å². The summed E-state index contributed by atoms with van der Waals surface area (Å²) in [6.45, 7) is 3.71. The summed E-state index contributed by atoms with van der Waals surface area (Å²) in [5, 5.41) is 9.95. The summed E-state index contributed by atoms with van der Waals surface area (Å²) >= 11 is 12.1. The molecule has 2 rings (SSSR count). The number of β-amino-alcohol motifs (C(OH)–C–C–N with tert-alkyl or cyclic N) is 1. The average molecular weight is 329 g/mol. The number of piperazine rings is 1. The van der Waals surface area contributed by atoms with E-state index in [-0.39, 0.29) is 12.5 Å². The lowest BCUT2D eigenvalue weighted by molar-refractivity contribution is -0.127. The van der Waals surface area contributed by atoms with Gasteiger partial charge in [-0.05, 0) is 18.2 Å². The Morgan fingerprint density at radius 1 is 1.19 bits per heavy atom. The Morgan fingerprint density at radius 2 is 1.81 bits per heavy atom. The lowest BCUT2D eigenvalue weighted by atomic mass is 10.2. The highest BCUT2D eigenvalue weighted by molar-refractivity contribution is 6.37. The monoisotopic (exact) mass is 328 g/mol. The smallest absolute Gasteiger partial charge is 0.246 e. The molecule has 1 saturated heterocycles. The van der Waals surface area contributed by atoms with Crippen LogP contribution in [-0.4, -0.2) is 60.1 Å². The minimum atomic E-state index is -0.0466. The van der Waals surface area contributed by atoms with E-state index >= 15 is 0 Å². The molecule has 1 amide bonds. The number of halogens is 2. The number of hydrogen-bond acceptors (Lipinski definition) is 3. The zero-order valence-corrected chi connectivity index (χ0v) is 13.1. The number of benzene rings is 1. The van der Waals surface area contributed by atoms with Gasteiger partial charge in [0.05, 0.1) is 6.61 Å². The molecule has 1 N–H and O–H groups in total. The fourth-order valence-corrected chi connectivity index (χ4v) is 2.79. The number of rotatable bonds is 4. The molecular formula is C15H18Cl2N2O2. The number of carbonyl (C=O) groups excluding carboxylic acids is 1. The van der Waals surface area contributed by atoms with E-state index in [0.717, 1.165) is 13.1 Å². The van der Waals surface area contributed by atoms with Crippen LogP contribution in [0.25, 0.3) is 6.08 Å². The molecule has 0 unspecified atom stereocenters. The summed E-state index contributed by atoms with van der Waals surface area (Å²) in [7, 11) is 0. The Kier molecular flexibility index (Phi) is 6.06. The summed E-state index contributed by atoms with van der Waals surface area (Å²) in [4.78, 5) is 16.1. The van der Waals surface area contributed by atoms with Crippen molar-refractivity contribution in [3.63, 3.8) is 0 Å². The van der Waals surface area contributed by atoms with Gasteiger partial charge in [0.1, 0.15) is 0 Å². The van der Waals surface area contributed by atoms with Gasteiger partial charge in [-0.1, -0.05) is 29.3 Å². The molecular weight excluding hydrogens is 311 g/mol. The van der Waals surface area contributed by atoms with Gasteiger partial charge in [0.15, 0.2) is 0 Å². The fraction of sp³-hybridized carbons (Fsp3) is 0.400. The molecule has 21 heavy (non-hydrogen) atoms. The van der Waals surface area contributed by atoms with Crippen molar-refractivity contribution in [3.8, 4) is 0 Å². The quantitative estimate of drug-likeness (QED) is 0.861.